The number of hydrazone groups is 1. The number of nitrogens with zero attached hydrogens (tertiary/aromatic N) is 2. The highest BCUT2D eigenvalue weighted by Gasteiger charge is 2.03. The second-order valence-electron chi connectivity index (χ2n) is 3.06. The van der Waals surface area contributed by atoms with Crippen LogP contribution >= 0.6 is 27.3 Å². The predicted octanol–water partition coefficient (Wildman–Crippen LogP) is 2.67. The molecule has 1 amide bonds. The molecule has 2 aromatic heterocycles. The van der Waals surface area contributed by atoms with Crippen molar-refractivity contribution in [1.29, 1.82) is 0 Å². The fraction of sp³-hybridized carbons (Fsp3) is 0. The molecule has 4 nitrogen and oxygen atoms in total. The zero-order chi connectivity index (χ0) is 12.1. The summed E-state index contributed by atoms with van der Waals surface area (Å²) in [6.45, 7) is 0. The summed E-state index contributed by atoms with van der Waals surface area (Å²) in [7, 11) is 0. The molecule has 0 radical (unpaired) electrons. The first-order valence-corrected chi connectivity index (χ1v) is 6.36. The van der Waals surface area contributed by atoms with Crippen LogP contribution in [0.25, 0.3) is 0 Å². The highest BCUT2D eigenvalue weighted by Crippen LogP contribution is 2.20. The van der Waals surface area contributed by atoms with Crippen molar-refractivity contribution in [2.45, 2.75) is 0 Å². The third-order valence-electron chi connectivity index (χ3n) is 1.85. The Kier molecular flexibility index (Phi) is 4.00. The molecule has 0 aliphatic heterocycles. The van der Waals surface area contributed by atoms with Crippen molar-refractivity contribution >= 4 is 39.4 Å². The van der Waals surface area contributed by atoms with Crippen molar-refractivity contribution in [2.75, 3.05) is 0 Å². The van der Waals surface area contributed by atoms with Crippen molar-refractivity contribution < 1.29 is 4.79 Å². The van der Waals surface area contributed by atoms with E-state index in [9.17, 15) is 4.79 Å². The first kappa shape index (κ1) is 11.9. The number of carbonyl (C=O) groups is 1. The van der Waals surface area contributed by atoms with Gasteiger partial charge in [-0.25, -0.2) is 5.43 Å². The lowest BCUT2D eigenvalue weighted by molar-refractivity contribution is 0.0950. The fourth-order valence-corrected chi connectivity index (χ4v) is 2.40. The SMILES string of the molecule is O=C(N/N=C\c1ccc(Br)s1)c1ccccn1. The van der Waals surface area contributed by atoms with Crippen molar-refractivity contribution in [1.82, 2.24) is 10.4 Å². The highest BCUT2D eigenvalue weighted by molar-refractivity contribution is 9.11. The maximum absolute atomic E-state index is 11.5. The standard InChI is InChI=1S/C11H8BrN3OS/c12-10-5-4-8(17-10)7-14-15-11(16)9-3-1-2-6-13-9/h1-7H,(H,15,16)/b14-7-. The summed E-state index contributed by atoms with van der Waals surface area (Å²) < 4.78 is 1.02. The van der Waals surface area contributed by atoms with Crippen LogP contribution in [0.3, 0.4) is 0 Å². The quantitative estimate of drug-likeness (QED) is 0.700. The topological polar surface area (TPSA) is 54.4 Å². The van der Waals surface area contributed by atoms with Gasteiger partial charge in [0, 0.05) is 11.1 Å². The van der Waals surface area contributed by atoms with E-state index in [2.05, 4.69) is 31.4 Å². The molecule has 2 aromatic rings. The Bertz CT molecular complexity index is 539. The Labute approximate surface area is 111 Å². The minimum atomic E-state index is -0.322. The Morgan fingerprint density at radius 1 is 1.41 bits per heavy atom. The largest absolute Gasteiger partial charge is 0.289 e. The molecule has 0 saturated carbocycles. The molecule has 2 heterocycles. The van der Waals surface area contributed by atoms with Gasteiger partial charge < -0.3 is 0 Å². The lowest BCUT2D eigenvalue weighted by Gasteiger charge is -1.96. The van der Waals surface area contributed by atoms with E-state index >= 15 is 0 Å². The van der Waals surface area contributed by atoms with E-state index in [1.54, 1.807) is 30.6 Å². The van der Waals surface area contributed by atoms with Gasteiger partial charge >= 0.3 is 0 Å². The van der Waals surface area contributed by atoms with Crippen molar-refractivity contribution in [3.63, 3.8) is 0 Å². The minimum Gasteiger partial charge on any atom is -0.266 e. The van der Waals surface area contributed by atoms with Crippen molar-refractivity contribution in [2.24, 2.45) is 5.10 Å². The molecule has 0 unspecified atom stereocenters. The first-order chi connectivity index (χ1) is 8.25. The van der Waals surface area contributed by atoms with Crippen molar-refractivity contribution in [3.8, 4) is 0 Å². The second kappa shape index (κ2) is 5.70. The molecule has 0 saturated heterocycles. The molecular weight excluding hydrogens is 302 g/mol. The molecule has 0 aliphatic rings. The van der Waals surface area contributed by atoms with Crippen LogP contribution in [0.2, 0.25) is 0 Å². The summed E-state index contributed by atoms with van der Waals surface area (Å²) in [6.07, 6.45) is 3.16. The first-order valence-electron chi connectivity index (χ1n) is 4.75. The molecule has 86 valence electrons. The van der Waals surface area contributed by atoms with E-state index in [1.807, 2.05) is 12.1 Å². The van der Waals surface area contributed by atoms with Gasteiger partial charge in [-0.1, -0.05) is 6.07 Å². The van der Waals surface area contributed by atoms with Crippen LogP contribution in [0.4, 0.5) is 0 Å². The van der Waals surface area contributed by atoms with Crippen LogP contribution in [-0.2, 0) is 0 Å². The number of aromatic nitrogens is 1. The lowest BCUT2D eigenvalue weighted by Crippen LogP contribution is -2.18. The molecule has 0 bridgehead atoms. The van der Waals surface area contributed by atoms with E-state index in [0.29, 0.717) is 5.69 Å². The van der Waals surface area contributed by atoms with Crippen LogP contribution in [0.5, 0.6) is 0 Å². The van der Waals surface area contributed by atoms with E-state index in [4.69, 9.17) is 0 Å². The predicted molar refractivity (Wildman–Crippen MR) is 71.3 cm³/mol. The summed E-state index contributed by atoms with van der Waals surface area (Å²) in [6, 6.07) is 8.97. The molecule has 0 spiro atoms. The molecule has 6 heteroatoms. The number of halogens is 1. The van der Waals surface area contributed by atoms with Gasteiger partial charge in [0.25, 0.3) is 5.91 Å². The fourth-order valence-electron chi connectivity index (χ4n) is 1.11. The van der Waals surface area contributed by atoms with Crippen LogP contribution in [-0.4, -0.2) is 17.1 Å². The van der Waals surface area contributed by atoms with Gasteiger partial charge in [0.2, 0.25) is 0 Å². The van der Waals surface area contributed by atoms with Crippen LogP contribution < -0.4 is 5.43 Å². The molecule has 0 aliphatic carbocycles. The summed E-state index contributed by atoms with van der Waals surface area (Å²) in [4.78, 5) is 16.4. The third-order valence-corrected chi connectivity index (χ3v) is 3.41. The molecule has 0 fully saturated rings. The Balaban J connectivity index is 1.95. The number of amides is 1. The monoisotopic (exact) mass is 309 g/mol. The molecule has 0 aromatic carbocycles. The van der Waals surface area contributed by atoms with Gasteiger partial charge in [-0.2, -0.15) is 5.10 Å². The molecule has 2 rings (SSSR count). The van der Waals surface area contributed by atoms with Gasteiger partial charge in [0.15, 0.2) is 0 Å². The van der Waals surface area contributed by atoms with Crippen LogP contribution in [0, 0.1) is 0 Å². The maximum atomic E-state index is 11.5. The minimum absolute atomic E-state index is 0.322. The van der Waals surface area contributed by atoms with Gasteiger partial charge in [0.05, 0.1) is 10.0 Å². The Morgan fingerprint density at radius 3 is 2.94 bits per heavy atom. The van der Waals surface area contributed by atoms with E-state index < -0.39 is 0 Å². The Morgan fingerprint density at radius 2 is 2.29 bits per heavy atom. The van der Waals surface area contributed by atoms with E-state index in [0.717, 1.165) is 8.66 Å². The summed E-state index contributed by atoms with van der Waals surface area (Å²) in [5, 5.41) is 3.86. The maximum Gasteiger partial charge on any atom is 0.289 e. The molecular formula is C11H8BrN3OS. The average Bonchev–Trinajstić information content (AvgIpc) is 2.76. The normalized spacial score (nSPS) is 10.6. The number of carbonyl (C=O) groups excluding carboxylic acids is 1. The molecule has 0 atom stereocenters. The summed E-state index contributed by atoms with van der Waals surface area (Å²) >= 11 is 4.88. The summed E-state index contributed by atoms with van der Waals surface area (Å²) in [5.41, 5.74) is 2.76. The van der Waals surface area contributed by atoms with Crippen molar-refractivity contribution in [3.05, 3.63) is 50.9 Å². The van der Waals surface area contributed by atoms with Crippen LogP contribution in [0.1, 0.15) is 15.4 Å². The van der Waals surface area contributed by atoms with E-state index in [-0.39, 0.29) is 5.91 Å². The second-order valence-corrected chi connectivity index (χ2v) is 5.55. The number of pyridine rings is 1. The summed E-state index contributed by atoms with van der Waals surface area (Å²) in [5.74, 6) is -0.322. The van der Waals surface area contributed by atoms with Crippen LogP contribution in [0.15, 0.2) is 45.4 Å². The number of thiophene rings is 1. The van der Waals surface area contributed by atoms with Gasteiger partial charge in [0.1, 0.15) is 5.69 Å². The highest BCUT2D eigenvalue weighted by atomic mass is 79.9. The zero-order valence-corrected chi connectivity index (χ0v) is 11.0. The number of nitrogens with one attached hydrogen (secondary N) is 1. The number of rotatable bonds is 3. The smallest absolute Gasteiger partial charge is 0.266 e. The van der Waals surface area contributed by atoms with Gasteiger partial charge in [-0.05, 0) is 40.2 Å². The lowest BCUT2D eigenvalue weighted by atomic mass is 10.3. The Hall–Kier alpha value is -1.53. The third kappa shape index (κ3) is 3.47. The zero-order valence-electron chi connectivity index (χ0n) is 8.63. The average molecular weight is 310 g/mol. The number of hydrogen-bond acceptors (Lipinski definition) is 4. The van der Waals surface area contributed by atoms with E-state index in [1.165, 1.54) is 11.3 Å². The number of hydrogen-bond donors (Lipinski definition) is 1. The van der Waals surface area contributed by atoms with Gasteiger partial charge in [-0.3, -0.25) is 9.78 Å². The van der Waals surface area contributed by atoms with Gasteiger partial charge in [-0.15, -0.1) is 11.3 Å². The molecule has 17 heavy (non-hydrogen) atoms. The molecule has 1 N–H and O–H groups in total.